The molecular weight excluding hydrogens is 250 g/mol. The third-order valence-electron chi connectivity index (χ3n) is 2.62. The van der Waals surface area contributed by atoms with Gasteiger partial charge in [0.25, 0.3) is 5.69 Å². The third kappa shape index (κ3) is 3.92. The lowest BCUT2D eigenvalue weighted by molar-refractivity contribution is -0.384. The number of ether oxygens (including phenoxy) is 1. The Hall–Kier alpha value is -2.15. The van der Waals surface area contributed by atoms with Gasteiger partial charge in [0.2, 0.25) is 5.91 Å². The Morgan fingerprint density at radius 2 is 2.21 bits per heavy atom. The molecule has 0 spiro atoms. The number of nitro benzene ring substituents is 1. The molecule has 1 unspecified atom stereocenters. The molecule has 0 aliphatic carbocycles. The SMILES string of the molecule is CNCC(C)C(=O)Nc1ccc(OC)cc1[N+](=O)[O-]. The van der Waals surface area contributed by atoms with E-state index < -0.39 is 4.92 Å². The number of hydrogen-bond acceptors (Lipinski definition) is 5. The van der Waals surface area contributed by atoms with E-state index in [1.165, 1.54) is 19.2 Å². The van der Waals surface area contributed by atoms with E-state index >= 15 is 0 Å². The summed E-state index contributed by atoms with van der Waals surface area (Å²) in [4.78, 5) is 22.2. The van der Waals surface area contributed by atoms with Crippen LogP contribution >= 0.6 is 0 Å². The molecule has 1 aromatic rings. The van der Waals surface area contributed by atoms with Crippen molar-refractivity contribution >= 4 is 17.3 Å². The number of methoxy groups -OCH3 is 1. The van der Waals surface area contributed by atoms with Crippen molar-refractivity contribution < 1.29 is 14.5 Å². The Morgan fingerprint density at radius 1 is 1.53 bits per heavy atom. The molecule has 7 nitrogen and oxygen atoms in total. The fraction of sp³-hybridized carbons (Fsp3) is 0.417. The van der Waals surface area contributed by atoms with Gasteiger partial charge in [-0.25, -0.2) is 0 Å². The molecule has 0 heterocycles. The van der Waals surface area contributed by atoms with Crippen LogP contribution in [0.25, 0.3) is 0 Å². The van der Waals surface area contributed by atoms with Crippen molar-refractivity contribution in [3.8, 4) is 5.75 Å². The second-order valence-electron chi connectivity index (χ2n) is 4.09. The van der Waals surface area contributed by atoms with Crippen LogP contribution in [0.1, 0.15) is 6.92 Å². The summed E-state index contributed by atoms with van der Waals surface area (Å²) < 4.78 is 4.92. The van der Waals surface area contributed by atoms with Gasteiger partial charge in [0.05, 0.1) is 18.1 Å². The van der Waals surface area contributed by atoms with Gasteiger partial charge in [0, 0.05) is 12.5 Å². The normalized spacial score (nSPS) is 11.7. The average molecular weight is 267 g/mol. The molecule has 0 radical (unpaired) electrons. The van der Waals surface area contributed by atoms with Gasteiger partial charge in [-0.1, -0.05) is 6.92 Å². The van der Waals surface area contributed by atoms with Crippen LogP contribution in [0.4, 0.5) is 11.4 Å². The molecular formula is C12H17N3O4. The van der Waals surface area contributed by atoms with Gasteiger partial charge >= 0.3 is 0 Å². The van der Waals surface area contributed by atoms with Crippen LogP contribution in [-0.4, -0.2) is 31.5 Å². The lowest BCUT2D eigenvalue weighted by Gasteiger charge is -2.12. The van der Waals surface area contributed by atoms with Gasteiger partial charge < -0.3 is 15.4 Å². The molecule has 0 aromatic heterocycles. The molecule has 0 fully saturated rings. The second kappa shape index (κ2) is 6.69. The molecule has 1 atom stereocenters. The molecule has 0 bridgehead atoms. The molecule has 1 aromatic carbocycles. The molecule has 0 saturated heterocycles. The number of carbonyl (C=O) groups is 1. The van der Waals surface area contributed by atoms with Crippen molar-refractivity contribution in [2.45, 2.75) is 6.92 Å². The maximum atomic E-state index is 11.8. The first-order valence-electron chi connectivity index (χ1n) is 5.77. The molecule has 104 valence electrons. The highest BCUT2D eigenvalue weighted by Gasteiger charge is 2.19. The summed E-state index contributed by atoms with van der Waals surface area (Å²) in [5.41, 5.74) is -0.0249. The van der Waals surface area contributed by atoms with Gasteiger partial charge in [-0.3, -0.25) is 14.9 Å². The first kappa shape index (κ1) is 14.9. The highest BCUT2D eigenvalue weighted by Crippen LogP contribution is 2.29. The van der Waals surface area contributed by atoms with E-state index in [0.29, 0.717) is 12.3 Å². The van der Waals surface area contributed by atoms with Gasteiger partial charge in [-0.2, -0.15) is 0 Å². The second-order valence-corrected chi connectivity index (χ2v) is 4.09. The van der Waals surface area contributed by atoms with Crippen LogP contribution < -0.4 is 15.4 Å². The lowest BCUT2D eigenvalue weighted by Crippen LogP contribution is -2.28. The predicted molar refractivity (Wildman–Crippen MR) is 71.4 cm³/mol. The minimum Gasteiger partial charge on any atom is -0.496 e. The van der Waals surface area contributed by atoms with Crippen LogP contribution in [0.2, 0.25) is 0 Å². The molecule has 7 heteroatoms. The monoisotopic (exact) mass is 267 g/mol. The summed E-state index contributed by atoms with van der Waals surface area (Å²) in [5, 5.41) is 16.4. The van der Waals surface area contributed by atoms with E-state index in [1.807, 2.05) is 0 Å². The number of benzene rings is 1. The van der Waals surface area contributed by atoms with E-state index in [9.17, 15) is 14.9 Å². The minimum absolute atomic E-state index is 0.166. The number of carbonyl (C=O) groups excluding carboxylic acids is 1. The van der Waals surface area contributed by atoms with Crippen LogP contribution in [0, 0.1) is 16.0 Å². The molecule has 1 amide bonds. The molecule has 0 aliphatic rings. The van der Waals surface area contributed by atoms with Crippen LogP contribution in [0.5, 0.6) is 5.75 Å². The fourth-order valence-electron chi connectivity index (χ4n) is 1.55. The summed E-state index contributed by atoms with van der Waals surface area (Å²) in [6.45, 7) is 2.23. The highest BCUT2D eigenvalue weighted by molar-refractivity contribution is 5.94. The number of nitrogens with one attached hydrogen (secondary N) is 2. The molecule has 1 rings (SSSR count). The van der Waals surface area contributed by atoms with E-state index in [2.05, 4.69) is 10.6 Å². The Balaban J connectivity index is 2.94. The zero-order valence-electron chi connectivity index (χ0n) is 11.1. The zero-order chi connectivity index (χ0) is 14.4. The maximum absolute atomic E-state index is 11.8. The average Bonchev–Trinajstić information content (AvgIpc) is 2.39. The number of anilines is 1. The lowest BCUT2D eigenvalue weighted by atomic mass is 10.1. The van der Waals surface area contributed by atoms with E-state index in [0.717, 1.165) is 0 Å². The van der Waals surface area contributed by atoms with Gasteiger partial charge in [0.15, 0.2) is 0 Å². The van der Waals surface area contributed by atoms with E-state index in [1.54, 1.807) is 20.0 Å². The third-order valence-corrected chi connectivity index (χ3v) is 2.62. The van der Waals surface area contributed by atoms with Crippen molar-refractivity contribution in [3.05, 3.63) is 28.3 Å². The Morgan fingerprint density at radius 3 is 2.74 bits per heavy atom. The standard InChI is InChI=1S/C12H17N3O4/c1-8(7-13-2)12(16)14-10-5-4-9(19-3)6-11(10)15(17)18/h4-6,8,13H,7H2,1-3H3,(H,14,16). The summed E-state index contributed by atoms with van der Waals surface area (Å²) in [5.74, 6) is -0.192. The Labute approximate surface area is 111 Å². The van der Waals surface area contributed by atoms with E-state index in [4.69, 9.17) is 4.74 Å². The first-order valence-corrected chi connectivity index (χ1v) is 5.77. The Kier molecular flexibility index (Phi) is 5.25. The van der Waals surface area contributed by atoms with Crippen LogP contribution in [-0.2, 0) is 4.79 Å². The highest BCUT2D eigenvalue weighted by atomic mass is 16.6. The topological polar surface area (TPSA) is 93.5 Å². The fourth-order valence-corrected chi connectivity index (χ4v) is 1.55. The van der Waals surface area contributed by atoms with Crippen molar-refractivity contribution in [1.82, 2.24) is 5.32 Å². The quantitative estimate of drug-likeness (QED) is 0.600. The summed E-state index contributed by atoms with van der Waals surface area (Å²) >= 11 is 0. The largest absolute Gasteiger partial charge is 0.496 e. The van der Waals surface area contributed by atoms with Crippen LogP contribution in [0.3, 0.4) is 0 Å². The smallest absolute Gasteiger partial charge is 0.296 e. The molecule has 0 saturated carbocycles. The molecule has 0 aliphatic heterocycles. The van der Waals surface area contributed by atoms with Gasteiger partial charge in [-0.05, 0) is 19.2 Å². The number of amides is 1. The predicted octanol–water partition coefficient (Wildman–Crippen LogP) is 1.40. The first-order chi connectivity index (χ1) is 8.99. The van der Waals surface area contributed by atoms with Crippen molar-refractivity contribution in [3.63, 3.8) is 0 Å². The summed E-state index contributed by atoms with van der Waals surface area (Å²) in [6.07, 6.45) is 0. The number of nitro groups is 1. The number of rotatable bonds is 6. The number of nitrogens with zero attached hydrogens (tertiary/aromatic N) is 1. The van der Waals surface area contributed by atoms with Crippen molar-refractivity contribution in [1.29, 1.82) is 0 Å². The maximum Gasteiger partial charge on any atom is 0.296 e. The van der Waals surface area contributed by atoms with Gasteiger partial charge in [0.1, 0.15) is 11.4 Å². The van der Waals surface area contributed by atoms with Crippen molar-refractivity contribution in [2.24, 2.45) is 5.92 Å². The summed E-state index contributed by atoms with van der Waals surface area (Å²) in [6, 6.07) is 4.30. The Bertz CT molecular complexity index is 476. The summed E-state index contributed by atoms with van der Waals surface area (Å²) in [7, 11) is 3.16. The zero-order valence-corrected chi connectivity index (χ0v) is 11.1. The number of hydrogen-bond donors (Lipinski definition) is 2. The van der Waals surface area contributed by atoms with E-state index in [-0.39, 0.29) is 23.2 Å². The molecule has 2 N–H and O–H groups in total. The van der Waals surface area contributed by atoms with Gasteiger partial charge in [-0.15, -0.1) is 0 Å². The molecule has 19 heavy (non-hydrogen) atoms. The van der Waals surface area contributed by atoms with Crippen LogP contribution in [0.15, 0.2) is 18.2 Å². The van der Waals surface area contributed by atoms with Crippen molar-refractivity contribution in [2.75, 3.05) is 26.0 Å². The minimum atomic E-state index is -0.555.